The summed E-state index contributed by atoms with van der Waals surface area (Å²) in [7, 11) is 0. The Morgan fingerprint density at radius 2 is 2.00 bits per heavy atom. The van der Waals surface area contributed by atoms with Crippen LogP contribution in [-0.4, -0.2) is 71.5 Å². The van der Waals surface area contributed by atoms with Gasteiger partial charge < -0.3 is 10.2 Å². The largest absolute Gasteiger partial charge is 0.339 e. The summed E-state index contributed by atoms with van der Waals surface area (Å²) in [6.07, 6.45) is 1.16. The molecule has 4 nitrogen and oxygen atoms in total. The minimum absolute atomic E-state index is 0.313. The highest BCUT2D eigenvalue weighted by Crippen LogP contribution is 2.25. The third-order valence-electron chi connectivity index (χ3n) is 4.31. The number of amides is 1. The third-order valence-corrected chi connectivity index (χ3v) is 5.68. The van der Waals surface area contributed by atoms with Crippen molar-refractivity contribution in [1.29, 1.82) is 0 Å². The van der Waals surface area contributed by atoms with Gasteiger partial charge in [-0.05, 0) is 20.3 Å². The molecule has 2 heterocycles. The van der Waals surface area contributed by atoms with Gasteiger partial charge in [0.15, 0.2) is 0 Å². The van der Waals surface area contributed by atoms with E-state index >= 15 is 0 Å². The van der Waals surface area contributed by atoms with Crippen molar-refractivity contribution >= 4 is 17.7 Å². The monoisotopic (exact) mass is 285 g/mol. The van der Waals surface area contributed by atoms with Crippen LogP contribution in [0.5, 0.6) is 0 Å². The minimum Gasteiger partial charge on any atom is -0.339 e. The second kappa shape index (κ2) is 6.46. The van der Waals surface area contributed by atoms with Crippen LogP contribution in [0.4, 0.5) is 0 Å². The van der Waals surface area contributed by atoms with Crippen molar-refractivity contribution in [2.45, 2.75) is 38.0 Å². The number of thioether (sulfide) groups is 1. The molecule has 19 heavy (non-hydrogen) atoms. The predicted molar refractivity (Wildman–Crippen MR) is 81.6 cm³/mol. The second-order valence-corrected chi connectivity index (χ2v) is 7.36. The number of carbonyl (C=O) groups is 1. The number of carbonyl (C=O) groups excluding carboxylic acids is 1. The molecule has 1 amide bonds. The lowest BCUT2D eigenvalue weighted by Gasteiger charge is -2.44. The summed E-state index contributed by atoms with van der Waals surface area (Å²) < 4.78 is 0. The molecule has 110 valence electrons. The maximum Gasteiger partial charge on any atom is 0.242 e. The normalized spacial score (nSPS) is 26.5. The molecule has 0 radical (unpaired) electrons. The van der Waals surface area contributed by atoms with Gasteiger partial charge in [0.25, 0.3) is 0 Å². The van der Waals surface area contributed by atoms with E-state index in [0.717, 1.165) is 51.4 Å². The Labute approximate surface area is 121 Å². The van der Waals surface area contributed by atoms with E-state index in [-0.39, 0.29) is 5.54 Å². The Morgan fingerprint density at radius 1 is 1.32 bits per heavy atom. The fraction of sp³-hybridized carbons (Fsp3) is 0.929. The van der Waals surface area contributed by atoms with Gasteiger partial charge in [-0.3, -0.25) is 9.69 Å². The molecule has 0 bridgehead atoms. The Morgan fingerprint density at radius 3 is 2.63 bits per heavy atom. The van der Waals surface area contributed by atoms with E-state index in [4.69, 9.17) is 0 Å². The summed E-state index contributed by atoms with van der Waals surface area (Å²) in [6.45, 7) is 12.1. The minimum atomic E-state index is -0.359. The van der Waals surface area contributed by atoms with E-state index in [1.807, 2.05) is 11.8 Å². The first-order valence-electron chi connectivity index (χ1n) is 7.42. The molecule has 2 saturated heterocycles. The standard InChI is InChI=1S/C14H27N3OS/c1-4-12-11-16(9-10-19-12)13(18)14(2,3)17-7-5-15-6-8-17/h12,15H,4-11H2,1-3H3. The SMILES string of the molecule is CCC1CN(C(=O)C(C)(C)N2CCNCC2)CCS1. The number of nitrogens with zero attached hydrogens (tertiary/aromatic N) is 2. The van der Waals surface area contributed by atoms with Gasteiger partial charge in [-0.2, -0.15) is 11.8 Å². The molecule has 1 unspecified atom stereocenters. The topological polar surface area (TPSA) is 35.6 Å². The zero-order valence-electron chi connectivity index (χ0n) is 12.4. The van der Waals surface area contributed by atoms with Gasteiger partial charge in [0.2, 0.25) is 5.91 Å². The molecule has 0 spiro atoms. The van der Waals surface area contributed by atoms with Crippen molar-refractivity contribution < 1.29 is 4.79 Å². The molecular weight excluding hydrogens is 258 g/mol. The predicted octanol–water partition coefficient (Wildman–Crippen LogP) is 1.02. The lowest BCUT2D eigenvalue weighted by Crippen LogP contribution is -2.61. The van der Waals surface area contributed by atoms with Gasteiger partial charge in [-0.25, -0.2) is 0 Å². The highest BCUT2D eigenvalue weighted by atomic mass is 32.2. The lowest BCUT2D eigenvalue weighted by atomic mass is 9.99. The summed E-state index contributed by atoms with van der Waals surface area (Å²) in [5, 5.41) is 3.97. The van der Waals surface area contributed by atoms with Crippen LogP contribution >= 0.6 is 11.8 Å². The van der Waals surface area contributed by atoms with Gasteiger partial charge in [-0.15, -0.1) is 0 Å². The van der Waals surface area contributed by atoms with Gasteiger partial charge in [0, 0.05) is 50.3 Å². The van der Waals surface area contributed by atoms with Gasteiger partial charge in [-0.1, -0.05) is 6.92 Å². The zero-order chi connectivity index (χ0) is 13.9. The average molecular weight is 285 g/mol. The molecule has 2 aliphatic heterocycles. The van der Waals surface area contributed by atoms with Crippen LogP contribution in [0.15, 0.2) is 0 Å². The third kappa shape index (κ3) is 3.44. The Kier molecular flexibility index (Phi) is 5.15. The molecule has 5 heteroatoms. The smallest absolute Gasteiger partial charge is 0.242 e. The number of piperazine rings is 1. The molecule has 2 fully saturated rings. The van der Waals surface area contributed by atoms with Crippen LogP contribution in [0.2, 0.25) is 0 Å². The van der Waals surface area contributed by atoms with Gasteiger partial charge in [0.05, 0.1) is 5.54 Å². The van der Waals surface area contributed by atoms with E-state index in [0.29, 0.717) is 11.2 Å². The maximum absolute atomic E-state index is 12.8. The average Bonchev–Trinajstić information content (AvgIpc) is 2.47. The first-order valence-corrected chi connectivity index (χ1v) is 8.47. The van der Waals surface area contributed by atoms with Crippen LogP contribution in [0.3, 0.4) is 0 Å². The van der Waals surface area contributed by atoms with Gasteiger partial charge in [0.1, 0.15) is 0 Å². The Bertz CT molecular complexity index is 316. The molecule has 0 aromatic carbocycles. The number of rotatable bonds is 3. The highest BCUT2D eigenvalue weighted by molar-refractivity contribution is 8.00. The molecule has 2 aliphatic rings. The second-order valence-electron chi connectivity index (χ2n) is 5.95. The maximum atomic E-state index is 12.8. The summed E-state index contributed by atoms with van der Waals surface area (Å²) >= 11 is 2.01. The van der Waals surface area contributed by atoms with E-state index in [1.54, 1.807) is 0 Å². The van der Waals surface area contributed by atoms with Crippen molar-refractivity contribution in [2.24, 2.45) is 0 Å². The Hall–Kier alpha value is -0.260. The van der Waals surface area contributed by atoms with Crippen LogP contribution in [0, 0.1) is 0 Å². The molecule has 2 rings (SSSR count). The van der Waals surface area contributed by atoms with E-state index in [9.17, 15) is 4.79 Å². The summed E-state index contributed by atoms with van der Waals surface area (Å²) in [4.78, 5) is 17.3. The van der Waals surface area contributed by atoms with Crippen LogP contribution < -0.4 is 5.32 Å². The zero-order valence-corrected chi connectivity index (χ0v) is 13.3. The molecular formula is C14H27N3OS. The number of hydrogen-bond acceptors (Lipinski definition) is 4. The van der Waals surface area contributed by atoms with Crippen molar-refractivity contribution in [3.8, 4) is 0 Å². The molecule has 0 aromatic heterocycles. The van der Waals surface area contributed by atoms with Gasteiger partial charge >= 0.3 is 0 Å². The van der Waals surface area contributed by atoms with E-state index in [1.165, 1.54) is 0 Å². The molecule has 0 aromatic rings. The van der Waals surface area contributed by atoms with Crippen LogP contribution in [0.25, 0.3) is 0 Å². The summed E-state index contributed by atoms with van der Waals surface area (Å²) in [6, 6.07) is 0. The van der Waals surface area contributed by atoms with Crippen LogP contribution in [0.1, 0.15) is 27.2 Å². The van der Waals surface area contributed by atoms with Crippen molar-refractivity contribution in [3.05, 3.63) is 0 Å². The Balaban J connectivity index is 2.00. The lowest BCUT2D eigenvalue weighted by molar-refractivity contribution is -0.143. The van der Waals surface area contributed by atoms with Crippen molar-refractivity contribution in [1.82, 2.24) is 15.1 Å². The van der Waals surface area contributed by atoms with Crippen LogP contribution in [-0.2, 0) is 4.79 Å². The van der Waals surface area contributed by atoms with Crippen molar-refractivity contribution in [3.63, 3.8) is 0 Å². The quantitative estimate of drug-likeness (QED) is 0.840. The van der Waals surface area contributed by atoms with E-state index < -0.39 is 0 Å². The number of nitrogens with one attached hydrogen (secondary N) is 1. The van der Waals surface area contributed by atoms with Crippen molar-refractivity contribution in [2.75, 3.05) is 45.0 Å². The summed E-state index contributed by atoms with van der Waals surface area (Å²) in [5.41, 5.74) is -0.359. The molecule has 1 N–H and O–H groups in total. The fourth-order valence-corrected chi connectivity index (χ4v) is 4.08. The number of hydrogen-bond donors (Lipinski definition) is 1. The first kappa shape index (κ1) is 15.1. The molecule has 0 aliphatic carbocycles. The highest BCUT2D eigenvalue weighted by Gasteiger charge is 2.39. The first-order chi connectivity index (χ1) is 9.05. The van der Waals surface area contributed by atoms with E-state index in [2.05, 4.69) is 35.9 Å². The molecule has 1 atom stereocenters. The fourth-order valence-electron chi connectivity index (χ4n) is 2.90. The molecule has 0 saturated carbocycles. The summed E-state index contributed by atoms with van der Waals surface area (Å²) in [5.74, 6) is 1.40.